The number of amides is 1. The molecule has 1 unspecified atom stereocenters. The molecule has 1 aliphatic heterocycles. The largest absolute Gasteiger partial charge is 0.376 e. The Balaban J connectivity index is 1.61. The van der Waals surface area contributed by atoms with Gasteiger partial charge in [0.05, 0.1) is 6.10 Å². The van der Waals surface area contributed by atoms with Crippen LogP contribution in [0.15, 0.2) is 18.2 Å². The smallest absolute Gasteiger partial charge is 0.251 e. The molecule has 3 nitrogen and oxygen atoms in total. The van der Waals surface area contributed by atoms with Crippen LogP contribution in [0.4, 0.5) is 0 Å². The SMILES string of the molecule is O=C(NCC1CCCO1)c1ccc2c(c1)CCC2. The van der Waals surface area contributed by atoms with E-state index in [2.05, 4.69) is 11.4 Å². The molecule has 2 aliphatic rings. The second-order valence-corrected chi connectivity index (χ2v) is 5.18. The molecule has 1 amide bonds. The summed E-state index contributed by atoms with van der Waals surface area (Å²) in [6, 6.07) is 6.09. The van der Waals surface area contributed by atoms with Crippen LogP contribution in [0.1, 0.15) is 40.7 Å². The minimum atomic E-state index is 0.0280. The first-order valence-electron chi connectivity index (χ1n) is 6.84. The molecule has 1 aromatic carbocycles. The maximum Gasteiger partial charge on any atom is 0.251 e. The van der Waals surface area contributed by atoms with Crippen LogP contribution in [-0.2, 0) is 17.6 Å². The average Bonchev–Trinajstić information content (AvgIpc) is 3.05. The van der Waals surface area contributed by atoms with Crippen molar-refractivity contribution in [2.24, 2.45) is 0 Å². The predicted octanol–water partition coefficient (Wildman–Crippen LogP) is 2.08. The van der Waals surface area contributed by atoms with Crippen LogP contribution in [0.25, 0.3) is 0 Å². The number of benzene rings is 1. The molecule has 18 heavy (non-hydrogen) atoms. The van der Waals surface area contributed by atoms with Gasteiger partial charge < -0.3 is 10.1 Å². The van der Waals surface area contributed by atoms with Gasteiger partial charge in [0.1, 0.15) is 0 Å². The van der Waals surface area contributed by atoms with E-state index in [-0.39, 0.29) is 12.0 Å². The van der Waals surface area contributed by atoms with Crippen LogP contribution in [0.5, 0.6) is 0 Å². The summed E-state index contributed by atoms with van der Waals surface area (Å²) < 4.78 is 5.50. The molecule has 1 N–H and O–H groups in total. The predicted molar refractivity (Wildman–Crippen MR) is 69.8 cm³/mol. The zero-order valence-electron chi connectivity index (χ0n) is 10.6. The summed E-state index contributed by atoms with van der Waals surface area (Å²) in [5, 5.41) is 2.97. The highest BCUT2D eigenvalue weighted by Crippen LogP contribution is 2.22. The van der Waals surface area contributed by atoms with Gasteiger partial charge in [-0.05, 0) is 55.4 Å². The molecule has 0 spiro atoms. The Kier molecular flexibility index (Phi) is 3.33. The van der Waals surface area contributed by atoms with E-state index in [1.165, 1.54) is 17.5 Å². The lowest BCUT2D eigenvalue weighted by molar-refractivity contribution is 0.0857. The standard InChI is InChI=1S/C15H19NO2/c17-15(16-10-14-5-2-8-18-14)13-7-6-11-3-1-4-12(11)9-13/h6-7,9,14H,1-5,8,10H2,(H,16,17). The molecule has 1 heterocycles. The van der Waals surface area contributed by atoms with Gasteiger partial charge in [-0.15, -0.1) is 0 Å². The molecule has 3 rings (SSSR count). The van der Waals surface area contributed by atoms with Crippen LogP contribution in [0.2, 0.25) is 0 Å². The molecular weight excluding hydrogens is 226 g/mol. The van der Waals surface area contributed by atoms with Gasteiger partial charge in [0.25, 0.3) is 5.91 Å². The van der Waals surface area contributed by atoms with Crippen LogP contribution in [-0.4, -0.2) is 25.2 Å². The number of carbonyl (C=O) groups excluding carboxylic acids is 1. The first-order valence-corrected chi connectivity index (χ1v) is 6.84. The van der Waals surface area contributed by atoms with E-state index < -0.39 is 0 Å². The lowest BCUT2D eigenvalue weighted by Crippen LogP contribution is -2.31. The average molecular weight is 245 g/mol. The number of hydrogen-bond donors (Lipinski definition) is 1. The molecule has 1 fully saturated rings. The minimum absolute atomic E-state index is 0.0280. The number of nitrogens with one attached hydrogen (secondary N) is 1. The molecule has 0 aromatic heterocycles. The summed E-state index contributed by atoms with van der Waals surface area (Å²) in [5.74, 6) is 0.0280. The first-order chi connectivity index (χ1) is 8.83. The van der Waals surface area contributed by atoms with E-state index in [1.54, 1.807) is 0 Å². The maximum atomic E-state index is 12.0. The fourth-order valence-corrected chi connectivity index (χ4v) is 2.83. The third kappa shape index (κ3) is 2.41. The van der Waals surface area contributed by atoms with Crippen molar-refractivity contribution in [2.45, 2.75) is 38.2 Å². The number of ether oxygens (including phenoxy) is 1. The Morgan fingerprint density at radius 2 is 2.17 bits per heavy atom. The van der Waals surface area contributed by atoms with E-state index >= 15 is 0 Å². The molecule has 0 saturated carbocycles. The molecule has 3 heteroatoms. The van der Waals surface area contributed by atoms with Crippen molar-refractivity contribution >= 4 is 5.91 Å². The van der Waals surface area contributed by atoms with Crippen molar-refractivity contribution < 1.29 is 9.53 Å². The summed E-state index contributed by atoms with van der Waals surface area (Å²) in [4.78, 5) is 12.0. The molecular formula is C15H19NO2. The quantitative estimate of drug-likeness (QED) is 0.885. The number of aryl methyl sites for hydroxylation is 2. The summed E-state index contributed by atoms with van der Waals surface area (Å²) in [7, 11) is 0. The number of rotatable bonds is 3. The highest BCUT2D eigenvalue weighted by atomic mass is 16.5. The fourth-order valence-electron chi connectivity index (χ4n) is 2.83. The molecule has 1 atom stereocenters. The Hall–Kier alpha value is -1.35. The molecule has 0 bridgehead atoms. The highest BCUT2D eigenvalue weighted by Gasteiger charge is 2.18. The Bertz CT molecular complexity index is 450. The van der Waals surface area contributed by atoms with Crippen molar-refractivity contribution in [2.75, 3.05) is 13.2 Å². The molecule has 1 aromatic rings. The summed E-state index contributed by atoms with van der Waals surface area (Å²) >= 11 is 0. The number of fused-ring (bicyclic) bond motifs is 1. The Morgan fingerprint density at radius 1 is 1.28 bits per heavy atom. The minimum Gasteiger partial charge on any atom is -0.376 e. The second-order valence-electron chi connectivity index (χ2n) is 5.18. The second kappa shape index (κ2) is 5.11. The number of hydrogen-bond acceptors (Lipinski definition) is 2. The van der Waals surface area contributed by atoms with Gasteiger partial charge in [-0.25, -0.2) is 0 Å². The van der Waals surface area contributed by atoms with Crippen molar-refractivity contribution in [3.05, 3.63) is 34.9 Å². The third-order valence-electron chi connectivity index (χ3n) is 3.87. The van der Waals surface area contributed by atoms with Crippen LogP contribution < -0.4 is 5.32 Å². The lowest BCUT2D eigenvalue weighted by atomic mass is 10.1. The Morgan fingerprint density at radius 3 is 3.00 bits per heavy atom. The summed E-state index contributed by atoms with van der Waals surface area (Å²) in [6.45, 7) is 1.47. The van der Waals surface area contributed by atoms with Crippen molar-refractivity contribution in [1.82, 2.24) is 5.32 Å². The van der Waals surface area contributed by atoms with Crippen LogP contribution in [0, 0.1) is 0 Å². The van der Waals surface area contributed by atoms with Gasteiger partial charge in [-0.3, -0.25) is 4.79 Å². The highest BCUT2D eigenvalue weighted by molar-refractivity contribution is 5.94. The fraction of sp³-hybridized carbons (Fsp3) is 0.533. The van der Waals surface area contributed by atoms with Gasteiger partial charge >= 0.3 is 0 Å². The van der Waals surface area contributed by atoms with Crippen LogP contribution in [0.3, 0.4) is 0 Å². The molecule has 96 valence electrons. The monoisotopic (exact) mass is 245 g/mol. The lowest BCUT2D eigenvalue weighted by Gasteiger charge is -2.11. The number of carbonyl (C=O) groups is 1. The Labute approximate surface area is 108 Å². The van der Waals surface area contributed by atoms with Gasteiger partial charge in [-0.2, -0.15) is 0 Å². The van der Waals surface area contributed by atoms with E-state index in [9.17, 15) is 4.79 Å². The van der Waals surface area contributed by atoms with Gasteiger partial charge in [0, 0.05) is 18.7 Å². The van der Waals surface area contributed by atoms with Crippen molar-refractivity contribution in [1.29, 1.82) is 0 Å². The van der Waals surface area contributed by atoms with Crippen molar-refractivity contribution in [3.8, 4) is 0 Å². The molecule has 1 saturated heterocycles. The first kappa shape index (κ1) is 11.7. The summed E-state index contributed by atoms with van der Waals surface area (Å²) in [6.07, 6.45) is 5.87. The third-order valence-corrected chi connectivity index (χ3v) is 3.87. The normalized spacial score (nSPS) is 21.9. The molecule has 0 radical (unpaired) electrons. The topological polar surface area (TPSA) is 38.3 Å². The van der Waals surface area contributed by atoms with E-state index in [1.807, 2.05) is 12.1 Å². The zero-order chi connectivity index (χ0) is 12.4. The van der Waals surface area contributed by atoms with Gasteiger partial charge in [-0.1, -0.05) is 6.07 Å². The maximum absolute atomic E-state index is 12.0. The van der Waals surface area contributed by atoms with Crippen LogP contribution >= 0.6 is 0 Å². The van der Waals surface area contributed by atoms with E-state index in [0.29, 0.717) is 6.54 Å². The van der Waals surface area contributed by atoms with Gasteiger partial charge in [0.2, 0.25) is 0 Å². The van der Waals surface area contributed by atoms with E-state index in [0.717, 1.165) is 37.9 Å². The van der Waals surface area contributed by atoms with E-state index in [4.69, 9.17) is 4.74 Å². The van der Waals surface area contributed by atoms with Gasteiger partial charge in [0.15, 0.2) is 0 Å². The zero-order valence-corrected chi connectivity index (χ0v) is 10.6. The summed E-state index contributed by atoms with van der Waals surface area (Å²) in [5.41, 5.74) is 3.54. The van der Waals surface area contributed by atoms with Crippen molar-refractivity contribution in [3.63, 3.8) is 0 Å². The molecule has 1 aliphatic carbocycles.